The van der Waals surface area contributed by atoms with Crippen LogP contribution in [0.3, 0.4) is 0 Å². The number of piperidine rings is 1. The molecule has 3 unspecified atom stereocenters. The van der Waals surface area contributed by atoms with E-state index < -0.39 is 23.9 Å². The molecular formula is C12H23F3N2O. The highest BCUT2D eigenvalue weighted by atomic mass is 19.4. The first-order chi connectivity index (χ1) is 8.23. The maximum atomic E-state index is 13.1. The van der Waals surface area contributed by atoms with Crippen LogP contribution in [0, 0.1) is 0 Å². The predicted octanol–water partition coefficient (Wildman–Crippen LogP) is 2.16. The molecule has 0 aromatic heterocycles. The molecule has 1 fully saturated rings. The summed E-state index contributed by atoms with van der Waals surface area (Å²) in [6.07, 6.45) is -2.49. The third kappa shape index (κ3) is 3.59. The van der Waals surface area contributed by atoms with E-state index in [4.69, 9.17) is 10.5 Å². The van der Waals surface area contributed by atoms with E-state index in [1.165, 1.54) is 4.90 Å². The summed E-state index contributed by atoms with van der Waals surface area (Å²) in [5, 5.41) is 0. The molecule has 0 radical (unpaired) electrons. The second kappa shape index (κ2) is 5.75. The third-order valence-corrected chi connectivity index (χ3v) is 3.79. The van der Waals surface area contributed by atoms with Gasteiger partial charge in [0.25, 0.3) is 0 Å². The predicted molar refractivity (Wildman–Crippen MR) is 64.3 cm³/mol. The van der Waals surface area contributed by atoms with Crippen LogP contribution in [-0.4, -0.2) is 49.0 Å². The van der Waals surface area contributed by atoms with Crippen molar-refractivity contribution in [3.63, 3.8) is 0 Å². The maximum Gasteiger partial charge on any atom is 0.405 e. The normalized spacial score (nSPS) is 30.2. The number of likely N-dealkylation sites (tertiary alicyclic amines) is 1. The smallest absolute Gasteiger partial charge is 0.377 e. The molecule has 1 saturated heterocycles. The van der Waals surface area contributed by atoms with Crippen LogP contribution >= 0.6 is 0 Å². The summed E-state index contributed by atoms with van der Waals surface area (Å²) in [6, 6.07) is -2.46. The molecule has 1 aliphatic heterocycles. The Balaban J connectivity index is 2.86. The van der Waals surface area contributed by atoms with Crippen LogP contribution in [0.15, 0.2) is 0 Å². The molecule has 0 bridgehead atoms. The fourth-order valence-electron chi connectivity index (χ4n) is 2.59. The van der Waals surface area contributed by atoms with Gasteiger partial charge in [-0.1, -0.05) is 6.92 Å². The highest BCUT2D eigenvalue weighted by Gasteiger charge is 2.49. The van der Waals surface area contributed by atoms with Gasteiger partial charge in [0, 0.05) is 19.7 Å². The van der Waals surface area contributed by atoms with E-state index >= 15 is 0 Å². The molecule has 0 saturated carbocycles. The van der Waals surface area contributed by atoms with Gasteiger partial charge in [0.1, 0.15) is 6.04 Å². The Labute approximate surface area is 106 Å². The summed E-state index contributed by atoms with van der Waals surface area (Å²) < 4.78 is 44.7. The van der Waals surface area contributed by atoms with E-state index in [-0.39, 0.29) is 6.54 Å². The van der Waals surface area contributed by atoms with Gasteiger partial charge in [-0.15, -0.1) is 0 Å². The number of methoxy groups -OCH3 is 1. The van der Waals surface area contributed by atoms with Gasteiger partial charge in [0.15, 0.2) is 0 Å². The van der Waals surface area contributed by atoms with E-state index in [0.29, 0.717) is 19.4 Å². The van der Waals surface area contributed by atoms with E-state index in [0.717, 1.165) is 6.42 Å². The Morgan fingerprint density at radius 3 is 2.50 bits per heavy atom. The first-order valence-electron chi connectivity index (χ1n) is 6.35. The maximum absolute atomic E-state index is 13.1. The lowest BCUT2D eigenvalue weighted by molar-refractivity contribution is -0.202. The quantitative estimate of drug-likeness (QED) is 0.849. The van der Waals surface area contributed by atoms with E-state index in [2.05, 4.69) is 0 Å². The molecule has 108 valence electrons. The van der Waals surface area contributed by atoms with Crippen molar-refractivity contribution >= 4 is 0 Å². The first-order valence-corrected chi connectivity index (χ1v) is 6.35. The third-order valence-electron chi connectivity index (χ3n) is 3.79. The van der Waals surface area contributed by atoms with Gasteiger partial charge in [0.05, 0.1) is 5.60 Å². The summed E-state index contributed by atoms with van der Waals surface area (Å²) in [6.45, 7) is 4.24. The van der Waals surface area contributed by atoms with E-state index in [1.54, 1.807) is 14.0 Å². The molecular weight excluding hydrogens is 245 g/mol. The fraction of sp³-hybridized carbons (Fsp3) is 1.00. The zero-order valence-corrected chi connectivity index (χ0v) is 11.3. The number of nitrogens with two attached hydrogens (primary N) is 1. The lowest BCUT2D eigenvalue weighted by Crippen LogP contribution is -2.61. The van der Waals surface area contributed by atoms with Crippen molar-refractivity contribution < 1.29 is 17.9 Å². The molecule has 0 amide bonds. The Bertz CT molecular complexity index is 273. The van der Waals surface area contributed by atoms with E-state index in [9.17, 15) is 13.2 Å². The van der Waals surface area contributed by atoms with Crippen LogP contribution in [0.4, 0.5) is 13.2 Å². The lowest BCUT2D eigenvalue weighted by atomic mass is 9.91. The monoisotopic (exact) mass is 268 g/mol. The van der Waals surface area contributed by atoms with Gasteiger partial charge < -0.3 is 10.5 Å². The Morgan fingerprint density at radius 1 is 1.44 bits per heavy atom. The van der Waals surface area contributed by atoms with Crippen molar-refractivity contribution in [3.8, 4) is 0 Å². The highest BCUT2D eigenvalue weighted by molar-refractivity contribution is 4.94. The lowest BCUT2D eigenvalue weighted by Gasteiger charge is -2.45. The average molecular weight is 268 g/mol. The Hall–Kier alpha value is -0.330. The van der Waals surface area contributed by atoms with Gasteiger partial charge in [-0.3, -0.25) is 4.90 Å². The van der Waals surface area contributed by atoms with Crippen LogP contribution < -0.4 is 5.73 Å². The molecule has 1 heterocycles. The summed E-state index contributed by atoms with van der Waals surface area (Å²) in [7, 11) is 1.55. The second-order valence-corrected chi connectivity index (χ2v) is 5.29. The summed E-state index contributed by atoms with van der Waals surface area (Å²) in [5.41, 5.74) is 5.16. The van der Waals surface area contributed by atoms with Crippen LogP contribution in [0.2, 0.25) is 0 Å². The summed E-state index contributed by atoms with van der Waals surface area (Å²) >= 11 is 0. The SMILES string of the molecule is CCC(N)C(N1CCCC(C)(OC)C1)C(F)(F)F. The molecule has 3 nitrogen and oxygen atoms in total. The zero-order valence-electron chi connectivity index (χ0n) is 11.3. The van der Waals surface area contributed by atoms with Gasteiger partial charge in [0.2, 0.25) is 0 Å². The van der Waals surface area contributed by atoms with Crippen molar-refractivity contribution in [2.24, 2.45) is 5.73 Å². The molecule has 0 aliphatic carbocycles. The molecule has 6 heteroatoms. The Kier molecular flexibility index (Phi) is 5.03. The minimum Gasteiger partial charge on any atom is -0.377 e. The Morgan fingerprint density at radius 2 is 2.06 bits per heavy atom. The molecule has 1 rings (SSSR count). The number of hydrogen-bond donors (Lipinski definition) is 1. The zero-order chi connectivity index (χ0) is 14.0. The largest absolute Gasteiger partial charge is 0.405 e. The van der Waals surface area contributed by atoms with Crippen LogP contribution in [0.5, 0.6) is 0 Å². The minimum absolute atomic E-state index is 0.279. The number of ether oxygens (including phenoxy) is 1. The molecule has 0 aromatic rings. The van der Waals surface area contributed by atoms with Crippen LogP contribution in [0.1, 0.15) is 33.1 Å². The van der Waals surface area contributed by atoms with Crippen molar-refractivity contribution in [2.45, 2.75) is 57.0 Å². The van der Waals surface area contributed by atoms with Gasteiger partial charge >= 0.3 is 6.18 Å². The summed E-state index contributed by atoms with van der Waals surface area (Å²) in [5.74, 6) is 0. The number of alkyl halides is 3. The molecule has 18 heavy (non-hydrogen) atoms. The molecule has 1 aliphatic rings. The van der Waals surface area contributed by atoms with E-state index in [1.807, 2.05) is 6.92 Å². The number of halogens is 3. The van der Waals surface area contributed by atoms with Crippen molar-refractivity contribution in [1.29, 1.82) is 0 Å². The summed E-state index contributed by atoms with van der Waals surface area (Å²) in [4.78, 5) is 1.43. The topological polar surface area (TPSA) is 38.5 Å². The van der Waals surface area contributed by atoms with Crippen molar-refractivity contribution in [2.75, 3.05) is 20.2 Å². The van der Waals surface area contributed by atoms with Crippen LogP contribution in [0.25, 0.3) is 0 Å². The second-order valence-electron chi connectivity index (χ2n) is 5.29. The first kappa shape index (κ1) is 15.7. The minimum atomic E-state index is -4.29. The van der Waals surface area contributed by atoms with Crippen molar-refractivity contribution in [3.05, 3.63) is 0 Å². The number of nitrogens with zero attached hydrogens (tertiary/aromatic N) is 1. The fourth-order valence-corrected chi connectivity index (χ4v) is 2.59. The highest BCUT2D eigenvalue weighted by Crippen LogP contribution is 2.33. The van der Waals surface area contributed by atoms with Crippen molar-refractivity contribution in [1.82, 2.24) is 4.90 Å². The molecule has 3 atom stereocenters. The number of rotatable bonds is 4. The van der Waals surface area contributed by atoms with Gasteiger partial charge in [-0.25, -0.2) is 0 Å². The van der Waals surface area contributed by atoms with Crippen LogP contribution in [-0.2, 0) is 4.74 Å². The van der Waals surface area contributed by atoms with Gasteiger partial charge in [-0.2, -0.15) is 13.2 Å². The molecule has 0 aromatic carbocycles. The van der Waals surface area contributed by atoms with Gasteiger partial charge in [-0.05, 0) is 32.7 Å². The molecule has 0 spiro atoms. The molecule has 2 N–H and O–H groups in total. The standard InChI is InChI=1S/C12H23F3N2O/c1-4-9(16)10(12(13,14)15)17-7-5-6-11(2,8-17)18-3/h9-10H,4-8,16H2,1-3H3. The number of hydrogen-bond acceptors (Lipinski definition) is 3. The average Bonchev–Trinajstić information content (AvgIpc) is 2.27.